The van der Waals surface area contributed by atoms with Gasteiger partial charge in [0.15, 0.2) is 0 Å². The molecule has 1 aliphatic rings. The van der Waals surface area contributed by atoms with E-state index in [9.17, 15) is 9.90 Å². The number of carbonyl (C=O) groups is 1. The third kappa shape index (κ3) is 3.85. The number of ether oxygens (including phenoxy) is 1. The van der Waals surface area contributed by atoms with Crippen LogP contribution in [-0.2, 0) is 4.74 Å². The second-order valence-electron chi connectivity index (χ2n) is 6.49. The number of fused-ring (bicyclic) bond motifs is 3. The largest absolute Gasteiger partial charge is 0.449 e. The zero-order chi connectivity index (χ0) is 17.6. The van der Waals surface area contributed by atoms with Crippen molar-refractivity contribution in [3.05, 3.63) is 59.7 Å². The fourth-order valence-corrected chi connectivity index (χ4v) is 3.47. The highest BCUT2D eigenvalue weighted by Gasteiger charge is 2.29. The van der Waals surface area contributed by atoms with Crippen LogP contribution in [0.1, 0.15) is 43.2 Å². The summed E-state index contributed by atoms with van der Waals surface area (Å²) >= 11 is 0. The molecule has 0 saturated heterocycles. The van der Waals surface area contributed by atoms with Gasteiger partial charge >= 0.3 is 6.09 Å². The van der Waals surface area contributed by atoms with Gasteiger partial charge in [-0.3, -0.25) is 0 Å². The van der Waals surface area contributed by atoms with Gasteiger partial charge in [-0.05, 0) is 28.7 Å². The van der Waals surface area contributed by atoms with Crippen molar-refractivity contribution in [2.24, 2.45) is 0 Å². The number of hydrogen-bond acceptors (Lipinski definition) is 3. The quantitative estimate of drug-likeness (QED) is 0.799. The SMILES string of the molecule is CCCC[C@H](CO)NC(=O)OCC1c2ccccc2-c2ccccc21. The van der Waals surface area contributed by atoms with E-state index >= 15 is 0 Å². The van der Waals surface area contributed by atoms with E-state index in [1.165, 1.54) is 22.3 Å². The molecule has 25 heavy (non-hydrogen) atoms. The summed E-state index contributed by atoms with van der Waals surface area (Å²) in [4.78, 5) is 12.1. The highest BCUT2D eigenvalue weighted by Crippen LogP contribution is 2.44. The lowest BCUT2D eigenvalue weighted by Crippen LogP contribution is -2.38. The molecule has 2 aromatic rings. The number of amides is 1. The van der Waals surface area contributed by atoms with E-state index in [2.05, 4.69) is 36.5 Å². The molecule has 4 nitrogen and oxygen atoms in total. The normalized spacial score (nSPS) is 13.8. The number of alkyl carbamates (subject to hydrolysis) is 1. The molecule has 132 valence electrons. The molecule has 0 heterocycles. The van der Waals surface area contributed by atoms with Crippen molar-refractivity contribution in [1.29, 1.82) is 0 Å². The van der Waals surface area contributed by atoms with Crippen LogP contribution >= 0.6 is 0 Å². The summed E-state index contributed by atoms with van der Waals surface area (Å²) in [6.07, 6.45) is 2.30. The van der Waals surface area contributed by atoms with Crippen molar-refractivity contribution < 1.29 is 14.6 Å². The van der Waals surface area contributed by atoms with Gasteiger partial charge in [-0.1, -0.05) is 68.3 Å². The average Bonchev–Trinajstić information content (AvgIpc) is 2.97. The summed E-state index contributed by atoms with van der Waals surface area (Å²) in [6, 6.07) is 16.3. The Morgan fingerprint density at radius 3 is 2.28 bits per heavy atom. The summed E-state index contributed by atoms with van der Waals surface area (Å²) in [5, 5.41) is 12.1. The van der Waals surface area contributed by atoms with Gasteiger partial charge in [0.1, 0.15) is 6.61 Å². The van der Waals surface area contributed by atoms with E-state index in [1.807, 2.05) is 24.3 Å². The van der Waals surface area contributed by atoms with E-state index in [0.717, 1.165) is 19.3 Å². The van der Waals surface area contributed by atoms with Crippen LogP contribution in [-0.4, -0.2) is 30.5 Å². The molecular formula is C21H25NO3. The van der Waals surface area contributed by atoms with E-state index in [-0.39, 0.29) is 18.6 Å². The fourth-order valence-electron chi connectivity index (χ4n) is 3.47. The topological polar surface area (TPSA) is 58.6 Å². The van der Waals surface area contributed by atoms with Gasteiger partial charge in [0.2, 0.25) is 0 Å². The van der Waals surface area contributed by atoms with Crippen molar-refractivity contribution in [3.8, 4) is 11.1 Å². The predicted octanol–water partition coefficient (Wildman–Crippen LogP) is 4.08. The van der Waals surface area contributed by atoms with Gasteiger partial charge in [0.05, 0.1) is 12.6 Å². The number of carbonyl (C=O) groups excluding carboxylic acids is 1. The third-order valence-electron chi connectivity index (χ3n) is 4.79. The Bertz CT molecular complexity index is 683. The second-order valence-corrected chi connectivity index (χ2v) is 6.49. The molecule has 1 atom stereocenters. The Morgan fingerprint density at radius 2 is 1.72 bits per heavy atom. The molecule has 1 aliphatic carbocycles. The number of aliphatic hydroxyl groups is 1. The molecule has 2 aromatic carbocycles. The zero-order valence-electron chi connectivity index (χ0n) is 14.6. The van der Waals surface area contributed by atoms with Crippen LogP contribution in [0.2, 0.25) is 0 Å². The predicted molar refractivity (Wildman–Crippen MR) is 98.6 cm³/mol. The Morgan fingerprint density at radius 1 is 1.12 bits per heavy atom. The van der Waals surface area contributed by atoms with Crippen LogP contribution in [0, 0.1) is 0 Å². The summed E-state index contributed by atoms with van der Waals surface area (Å²) in [5.41, 5.74) is 4.81. The summed E-state index contributed by atoms with van der Waals surface area (Å²) in [5.74, 6) is 0.0568. The molecule has 1 amide bonds. The first-order valence-corrected chi connectivity index (χ1v) is 8.97. The molecule has 3 rings (SSSR count). The maximum Gasteiger partial charge on any atom is 0.407 e. The summed E-state index contributed by atoms with van der Waals surface area (Å²) in [7, 11) is 0. The minimum atomic E-state index is -0.461. The zero-order valence-corrected chi connectivity index (χ0v) is 14.6. The van der Waals surface area contributed by atoms with Crippen molar-refractivity contribution in [2.45, 2.75) is 38.1 Å². The molecule has 0 bridgehead atoms. The first-order chi connectivity index (χ1) is 12.2. The van der Waals surface area contributed by atoms with Crippen molar-refractivity contribution in [2.75, 3.05) is 13.2 Å². The smallest absolute Gasteiger partial charge is 0.407 e. The third-order valence-corrected chi connectivity index (χ3v) is 4.79. The van der Waals surface area contributed by atoms with Crippen LogP contribution in [0.5, 0.6) is 0 Å². The number of rotatable bonds is 7. The van der Waals surface area contributed by atoms with Gasteiger partial charge in [-0.25, -0.2) is 4.79 Å². The molecule has 0 saturated carbocycles. The first kappa shape index (κ1) is 17.5. The summed E-state index contributed by atoms with van der Waals surface area (Å²) < 4.78 is 5.49. The second kappa shape index (κ2) is 8.17. The fraction of sp³-hybridized carbons (Fsp3) is 0.381. The number of benzene rings is 2. The van der Waals surface area contributed by atoms with Crippen LogP contribution < -0.4 is 5.32 Å². The van der Waals surface area contributed by atoms with Gasteiger partial charge in [-0.2, -0.15) is 0 Å². The minimum Gasteiger partial charge on any atom is -0.449 e. The lowest BCUT2D eigenvalue weighted by atomic mass is 9.98. The van der Waals surface area contributed by atoms with E-state index < -0.39 is 6.09 Å². The molecule has 0 fully saturated rings. The number of unbranched alkanes of at least 4 members (excludes halogenated alkanes) is 1. The standard InChI is InChI=1S/C21H25NO3/c1-2-3-8-15(13-23)22-21(24)25-14-20-18-11-6-4-9-16(18)17-10-5-7-12-19(17)20/h4-7,9-12,15,20,23H,2-3,8,13-14H2,1H3,(H,22,24)/t15-/m1/s1. The maximum absolute atomic E-state index is 12.1. The lowest BCUT2D eigenvalue weighted by molar-refractivity contribution is 0.131. The van der Waals surface area contributed by atoms with Gasteiger partial charge in [-0.15, -0.1) is 0 Å². The van der Waals surface area contributed by atoms with Gasteiger partial charge < -0.3 is 15.2 Å². The van der Waals surface area contributed by atoms with Crippen LogP contribution in [0.4, 0.5) is 4.79 Å². The molecule has 0 spiro atoms. The summed E-state index contributed by atoms with van der Waals surface area (Å²) in [6.45, 7) is 2.32. The van der Waals surface area contributed by atoms with Crippen molar-refractivity contribution >= 4 is 6.09 Å². The van der Waals surface area contributed by atoms with E-state index in [1.54, 1.807) is 0 Å². The molecule has 2 N–H and O–H groups in total. The van der Waals surface area contributed by atoms with Crippen LogP contribution in [0.15, 0.2) is 48.5 Å². The number of nitrogens with one attached hydrogen (secondary N) is 1. The maximum atomic E-state index is 12.1. The molecule has 4 heteroatoms. The Hall–Kier alpha value is -2.33. The Kier molecular flexibility index (Phi) is 5.71. The Balaban J connectivity index is 1.66. The molecule has 0 aromatic heterocycles. The number of hydrogen-bond donors (Lipinski definition) is 2. The average molecular weight is 339 g/mol. The molecular weight excluding hydrogens is 314 g/mol. The van der Waals surface area contributed by atoms with Gasteiger partial charge in [0.25, 0.3) is 0 Å². The highest BCUT2D eigenvalue weighted by molar-refractivity contribution is 5.79. The van der Waals surface area contributed by atoms with E-state index in [4.69, 9.17) is 4.74 Å². The molecule has 0 radical (unpaired) electrons. The minimum absolute atomic E-state index is 0.0568. The highest BCUT2D eigenvalue weighted by atomic mass is 16.5. The molecule has 0 unspecified atom stereocenters. The lowest BCUT2D eigenvalue weighted by Gasteiger charge is -2.18. The molecule has 0 aliphatic heterocycles. The van der Waals surface area contributed by atoms with Crippen LogP contribution in [0.3, 0.4) is 0 Å². The van der Waals surface area contributed by atoms with E-state index in [0.29, 0.717) is 6.61 Å². The first-order valence-electron chi connectivity index (χ1n) is 8.97. The monoisotopic (exact) mass is 339 g/mol. The number of aliphatic hydroxyl groups excluding tert-OH is 1. The van der Waals surface area contributed by atoms with Crippen molar-refractivity contribution in [3.63, 3.8) is 0 Å². The van der Waals surface area contributed by atoms with Crippen LogP contribution in [0.25, 0.3) is 11.1 Å². The Labute approximate surface area is 148 Å². The van der Waals surface area contributed by atoms with Gasteiger partial charge in [0, 0.05) is 5.92 Å². The van der Waals surface area contributed by atoms with Crippen molar-refractivity contribution in [1.82, 2.24) is 5.32 Å².